The van der Waals surface area contributed by atoms with Crippen molar-refractivity contribution < 1.29 is 0 Å². The fraction of sp³-hybridized carbons (Fsp3) is 0.385. The highest BCUT2D eigenvalue weighted by molar-refractivity contribution is 6.31. The lowest BCUT2D eigenvalue weighted by Crippen LogP contribution is -2.03. The number of halogens is 1. The molecule has 0 fully saturated rings. The molecule has 98 valence electrons. The van der Waals surface area contributed by atoms with E-state index in [1.807, 2.05) is 13.0 Å². The van der Waals surface area contributed by atoms with E-state index in [-0.39, 0.29) is 5.15 Å². The predicted octanol–water partition coefficient (Wildman–Crippen LogP) is 2.69. The van der Waals surface area contributed by atoms with E-state index in [1.54, 1.807) is 6.07 Å². The molecule has 0 aromatic carbocycles. The molecule has 0 aliphatic carbocycles. The van der Waals surface area contributed by atoms with Crippen molar-refractivity contribution in [3.05, 3.63) is 34.2 Å². The van der Waals surface area contributed by atoms with E-state index >= 15 is 0 Å². The maximum atomic E-state index is 9.19. The summed E-state index contributed by atoms with van der Waals surface area (Å²) in [6, 6.07) is 5.71. The van der Waals surface area contributed by atoms with Gasteiger partial charge in [0.2, 0.25) is 0 Å². The van der Waals surface area contributed by atoms with Crippen LogP contribution in [0, 0.1) is 24.2 Å². The number of aromatic nitrogens is 4. The minimum Gasteiger partial charge on any atom is -0.200 e. The van der Waals surface area contributed by atoms with Gasteiger partial charge < -0.3 is 0 Å². The maximum absolute atomic E-state index is 9.19. The number of hydrogen-bond donors (Lipinski definition) is 0. The van der Waals surface area contributed by atoms with E-state index in [0.717, 1.165) is 5.69 Å². The monoisotopic (exact) mass is 275 g/mol. The highest BCUT2D eigenvalue weighted by atomic mass is 35.5. The van der Waals surface area contributed by atoms with Crippen LogP contribution >= 0.6 is 11.6 Å². The van der Waals surface area contributed by atoms with Crippen molar-refractivity contribution in [1.82, 2.24) is 20.0 Å². The van der Waals surface area contributed by atoms with Crippen molar-refractivity contribution >= 4 is 11.6 Å². The molecule has 0 amide bonds. The molecule has 2 heterocycles. The average Bonchev–Trinajstić information content (AvgIpc) is 2.66. The summed E-state index contributed by atoms with van der Waals surface area (Å²) < 4.78 is 1.46. The summed E-state index contributed by atoms with van der Waals surface area (Å²) in [5, 5.41) is 21.9. The second-order valence-corrected chi connectivity index (χ2v) is 5.13. The largest absolute Gasteiger partial charge is 0.200 e. The molecular weight excluding hydrogens is 262 g/mol. The van der Waals surface area contributed by atoms with Gasteiger partial charge in [0, 0.05) is 0 Å². The van der Waals surface area contributed by atoms with Crippen molar-refractivity contribution in [2.75, 3.05) is 0 Å². The van der Waals surface area contributed by atoms with Crippen molar-refractivity contribution in [2.24, 2.45) is 5.92 Å². The lowest BCUT2D eigenvalue weighted by Gasteiger charge is -2.01. The minimum atomic E-state index is 0.288. The number of nitrogens with zero attached hydrogens (tertiary/aromatic N) is 5. The van der Waals surface area contributed by atoms with E-state index < -0.39 is 0 Å². The topological polar surface area (TPSA) is 67.4 Å². The zero-order valence-electron chi connectivity index (χ0n) is 11.1. The van der Waals surface area contributed by atoms with Gasteiger partial charge in [-0.1, -0.05) is 25.4 Å². The van der Waals surface area contributed by atoms with E-state index in [2.05, 4.69) is 35.2 Å². The number of hydrogen-bond acceptors (Lipinski definition) is 4. The van der Waals surface area contributed by atoms with Crippen LogP contribution in [0.3, 0.4) is 0 Å². The van der Waals surface area contributed by atoms with Crippen LogP contribution in [0.4, 0.5) is 0 Å². The van der Waals surface area contributed by atoms with Gasteiger partial charge in [0.1, 0.15) is 11.6 Å². The van der Waals surface area contributed by atoms with Crippen LogP contribution in [0.25, 0.3) is 5.82 Å². The molecule has 2 rings (SSSR count). The first-order valence-corrected chi connectivity index (χ1v) is 6.39. The van der Waals surface area contributed by atoms with Gasteiger partial charge in [0.25, 0.3) is 0 Å². The lowest BCUT2D eigenvalue weighted by atomic mass is 10.1. The summed E-state index contributed by atoms with van der Waals surface area (Å²) in [7, 11) is 0. The third kappa shape index (κ3) is 2.74. The molecule has 0 radical (unpaired) electrons. The summed E-state index contributed by atoms with van der Waals surface area (Å²) in [6.07, 6.45) is 0.703. The molecule has 2 aromatic rings. The van der Waals surface area contributed by atoms with Gasteiger partial charge in [-0.2, -0.15) is 15.5 Å². The number of aryl methyl sites for hydroxylation is 1. The van der Waals surface area contributed by atoms with E-state index in [1.165, 1.54) is 4.68 Å². The molecule has 2 aromatic heterocycles. The molecule has 0 saturated carbocycles. The van der Waals surface area contributed by atoms with Crippen LogP contribution in [0.2, 0.25) is 5.15 Å². The second kappa shape index (κ2) is 5.37. The van der Waals surface area contributed by atoms with Crippen LogP contribution in [-0.4, -0.2) is 20.0 Å². The van der Waals surface area contributed by atoms with Crippen LogP contribution in [0.15, 0.2) is 12.1 Å². The summed E-state index contributed by atoms with van der Waals surface area (Å²) in [5.41, 5.74) is 1.93. The molecule has 6 heteroatoms. The molecule has 0 aliphatic rings. The molecule has 0 aliphatic heterocycles. The molecule has 5 nitrogen and oxygen atoms in total. The first-order valence-electron chi connectivity index (χ1n) is 6.01. The second-order valence-electron chi connectivity index (χ2n) is 4.77. The Morgan fingerprint density at radius 2 is 2.11 bits per heavy atom. The Balaban J connectivity index is 2.50. The Morgan fingerprint density at radius 1 is 1.37 bits per heavy atom. The van der Waals surface area contributed by atoms with E-state index in [9.17, 15) is 5.26 Å². The maximum Gasteiger partial charge on any atom is 0.177 e. The Morgan fingerprint density at radius 3 is 2.63 bits per heavy atom. The third-order valence-corrected chi connectivity index (χ3v) is 2.96. The van der Waals surface area contributed by atoms with Gasteiger partial charge in [-0.25, -0.2) is 4.68 Å². The van der Waals surface area contributed by atoms with Crippen LogP contribution in [0.5, 0.6) is 0 Å². The minimum absolute atomic E-state index is 0.288. The average molecular weight is 276 g/mol. The van der Waals surface area contributed by atoms with Gasteiger partial charge in [0.15, 0.2) is 11.0 Å². The fourth-order valence-electron chi connectivity index (χ4n) is 1.74. The van der Waals surface area contributed by atoms with E-state index in [0.29, 0.717) is 29.4 Å². The fourth-order valence-corrected chi connectivity index (χ4v) is 2.01. The van der Waals surface area contributed by atoms with Gasteiger partial charge in [-0.05, 0) is 31.4 Å². The van der Waals surface area contributed by atoms with Gasteiger partial charge in [-0.15, -0.1) is 5.10 Å². The molecular formula is C13H14ClN5. The van der Waals surface area contributed by atoms with Crippen molar-refractivity contribution in [1.29, 1.82) is 5.26 Å². The quantitative estimate of drug-likeness (QED) is 0.864. The Bertz CT molecular complexity index is 622. The molecule has 19 heavy (non-hydrogen) atoms. The van der Waals surface area contributed by atoms with Crippen LogP contribution < -0.4 is 0 Å². The molecule has 0 saturated heterocycles. The van der Waals surface area contributed by atoms with Gasteiger partial charge in [-0.3, -0.25) is 0 Å². The van der Waals surface area contributed by atoms with Crippen molar-refractivity contribution in [3.8, 4) is 11.9 Å². The van der Waals surface area contributed by atoms with Crippen LogP contribution in [0.1, 0.15) is 30.8 Å². The molecule has 0 unspecified atom stereocenters. The zero-order chi connectivity index (χ0) is 14.0. The number of nitriles is 1. The summed E-state index contributed by atoms with van der Waals surface area (Å²) >= 11 is 6.20. The third-order valence-electron chi connectivity index (χ3n) is 2.62. The number of rotatable bonds is 3. The van der Waals surface area contributed by atoms with Gasteiger partial charge in [0.05, 0.1) is 11.4 Å². The molecule has 0 N–H and O–H groups in total. The Kier molecular flexibility index (Phi) is 3.82. The highest BCUT2D eigenvalue weighted by Gasteiger charge is 2.18. The standard InChI is InChI=1S/C13H14ClN5/c1-8(2)6-11-10(7-15)13(14)19(18-11)12-5-4-9(3)16-17-12/h4-5,8H,6H2,1-3H3. The zero-order valence-corrected chi connectivity index (χ0v) is 11.8. The SMILES string of the molecule is Cc1ccc(-n2nc(CC(C)C)c(C#N)c2Cl)nn1. The first-order chi connectivity index (χ1) is 9.02. The summed E-state index contributed by atoms with van der Waals surface area (Å²) in [4.78, 5) is 0. The summed E-state index contributed by atoms with van der Waals surface area (Å²) in [5.74, 6) is 0.915. The van der Waals surface area contributed by atoms with Crippen LogP contribution in [-0.2, 0) is 6.42 Å². The smallest absolute Gasteiger partial charge is 0.177 e. The normalized spacial score (nSPS) is 10.7. The van der Waals surface area contributed by atoms with Gasteiger partial charge >= 0.3 is 0 Å². The van der Waals surface area contributed by atoms with E-state index in [4.69, 9.17) is 11.6 Å². The molecule has 0 spiro atoms. The predicted molar refractivity (Wildman–Crippen MR) is 72.2 cm³/mol. The molecule has 0 atom stereocenters. The highest BCUT2D eigenvalue weighted by Crippen LogP contribution is 2.23. The lowest BCUT2D eigenvalue weighted by molar-refractivity contribution is 0.626. The molecule has 0 bridgehead atoms. The Hall–Kier alpha value is -1.93. The first kappa shape index (κ1) is 13.5. The Labute approximate surface area is 116 Å². The van der Waals surface area contributed by atoms with Crippen molar-refractivity contribution in [2.45, 2.75) is 27.2 Å². The van der Waals surface area contributed by atoms with Crippen molar-refractivity contribution in [3.63, 3.8) is 0 Å². The summed E-state index contributed by atoms with van der Waals surface area (Å²) in [6.45, 7) is 5.99.